The zero-order valence-corrected chi connectivity index (χ0v) is 23.1. The second-order valence-electron chi connectivity index (χ2n) is 6.64. The molecule has 0 saturated carbocycles. The number of esters is 2. The lowest BCUT2D eigenvalue weighted by Crippen LogP contribution is -2.26. The van der Waals surface area contributed by atoms with E-state index < -0.39 is 12.1 Å². The molecule has 0 amide bonds. The first-order valence-corrected chi connectivity index (χ1v) is 12.0. The molecule has 0 bridgehead atoms. The first-order chi connectivity index (χ1) is 15.8. The van der Waals surface area contributed by atoms with Crippen molar-refractivity contribution in [3.8, 4) is 11.5 Å². The molecule has 0 fully saturated rings. The van der Waals surface area contributed by atoms with Crippen molar-refractivity contribution < 1.29 is 28.5 Å². The Hall–Kier alpha value is -1.28. The summed E-state index contributed by atoms with van der Waals surface area (Å²) in [5, 5.41) is 1.99. The molecule has 0 N–H and O–H groups in total. The number of carbonyl (C=O) groups is 2. The fourth-order valence-electron chi connectivity index (χ4n) is 2.23. The molecule has 0 aliphatic rings. The Morgan fingerprint density at radius 1 is 0.794 bits per heavy atom. The van der Waals surface area contributed by atoms with E-state index >= 15 is 0 Å². The van der Waals surface area contributed by atoms with Gasteiger partial charge in [-0.15, -0.1) is 0 Å². The molecule has 0 aliphatic heterocycles. The quantitative estimate of drug-likeness (QED) is 0.228. The van der Waals surface area contributed by atoms with Gasteiger partial charge in [-0.1, -0.05) is 69.6 Å². The van der Waals surface area contributed by atoms with Gasteiger partial charge in [0, 0.05) is 19.1 Å². The second-order valence-corrected chi connectivity index (χ2v) is 9.08. The van der Waals surface area contributed by atoms with E-state index in [4.69, 9.17) is 88.6 Å². The molecular formula is C22H22Cl6O6. The van der Waals surface area contributed by atoms with Crippen LogP contribution in [0.2, 0.25) is 30.1 Å². The van der Waals surface area contributed by atoms with Crippen LogP contribution in [0.1, 0.15) is 27.7 Å². The molecule has 2 aromatic carbocycles. The van der Waals surface area contributed by atoms with E-state index in [1.165, 1.54) is 31.2 Å². The summed E-state index contributed by atoms with van der Waals surface area (Å²) in [4.78, 5) is 22.1. The Kier molecular flexibility index (Phi) is 13.5. The van der Waals surface area contributed by atoms with Gasteiger partial charge in [-0.2, -0.15) is 0 Å². The maximum atomic E-state index is 11.4. The minimum Gasteiger partial charge on any atom is -0.488 e. The van der Waals surface area contributed by atoms with Crippen molar-refractivity contribution in [1.82, 2.24) is 0 Å². The van der Waals surface area contributed by atoms with Gasteiger partial charge in [-0.05, 0) is 32.9 Å². The average Bonchev–Trinajstić information content (AvgIpc) is 2.73. The maximum Gasteiger partial charge on any atom is 0.347 e. The summed E-state index contributed by atoms with van der Waals surface area (Å²) in [6.07, 6.45) is -1.12. The summed E-state index contributed by atoms with van der Waals surface area (Å²) in [6.45, 7) is 6.82. The van der Waals surface area contributed by atoms with E-state index in [9.17, 15) is 9.59 Å². The fourth-order valence-corrected chi connectivity index (χ4v) is 3.40. The SMILES string of the molecule is CC(=O)OC(C)COc1cc(Cl)c(Cl)cc1Cl.CCOC(=O)C(C)Oc1cc(Cl)c(Cl)cc1Cl. The van der Waals surface area contributed by atoms with Crippen LogP contribution in [0.5, 0.6) is 11.5 Å². The van der Waals surface area contributed by atoms with Crippen molar-refractivity contribution in [2.45, 2.75) is 39.9 Å². The Balaban J connectivity index is 0.000000340. The van der Waals surface area contributed by atoms with Crippen LogP contribution in [0.3, 0.4) is 0 Å². The van der Waals surface area contributed by atoms with Gasteiger partial charge in [-0.25, -0.2) is 4.79 Å². The van der Waals surface area contributed by atoms with Crippen molar-refractivity contribution in [3.63, 3.8) is 0 Å². The lowest BCUT2D eigenvalue weighted by Gasteiger charge is -2.14. The van der Waals surface area contributed by atoms with Gasteiger partial charge in [0.25, 0.3) is 0 Å². The molecular weight excluding hydrogens is 573 g/mol. The topological polar surface area (TPSA) is 71.1 Å². The van der Waals surface area contributed by atoms with E-state index in [-0.39, 0.29) is 23.7 Å². The van der Waals surface area contributed by atoms with E-state index in [1.807, 2.05) is 0 Å². The van der Waals surface area contributed by atoms with Crippen LogP contribution in [0.4, 0.5) is 0 Å². The molecule has 0 spiro atoms. The Morgan fingerprint density at radius 3 is 1.76 bits per heavy atom. The molecule has 0 aromatic heterocycles. The van der Waals surface area contributed by atoms with E-state index in [0.717, 1.165) is 0 Å². The molecule has 188 valence electrons. The first kappa shape index (κ1) is 30.8. The number of carbonyl (C=O) groups excluding carboxylic acids is 2. The van der Waals surface area contributed by atoms with Crippen molar-refractivity contribution in [3.05, 3.63) is 54.4 Å². The third kappa shape index (κ3) is 10.5. The third-order valence-electron chi connectivity index (χ3n) is 3.71. The number of rotatable bonds is 8. The highest BCUT2D eigenvalue weighted by atomic mass is 35.5. The van der Waals surface area contributed by atoms with Crippen LogP contribution < -0.4 is 9.47 Å². The largest absolute Gasteiger partial charge is 0.488 e. The smallest absolute Gasteiger partial charge is 0.347 e. The summed E-state index contributed by atoms with van der Waals surface area (Å²) in [6, 6.07) is 5.94. The van der Waals surface area contributed by atoms with Crippen molar-refractivity contribution in [2.75, 3.05) is 13.2 Å². The first-order valence-electron chi connectivity index (χ1n) is 9.78. The fraction of sp³-hybridized carbons (Fsp3) is 0.364. The summed E-state index contributed by atoms with van der Waals surface area (Å²) >= 11 is 35.0. The molecule has 2 atom stereocenters. The highest BCUT2D eigenvalue weighted by Gasteiger charge is 2.18. The monoisotopic (exact) mass is 592 g/mol. The van der Waals surface area contributed by atoms with Gasteiger partial charge in [0.15, 0.2) is 6.10 Å². The number of halogens is 6. The minimum atomic E-state index is -0.760. The van der Waals surface area contributed by atoms with Crippen molar-refractivity contribution >= 4 is 81.5 Å². The molecule has 6 nitrogen and oxygen atoms in total. The second kappa shape index (κ2) is 15.0. The Morgan fingerprint density at radius 2 is 1.26 bits per heavy atom. The van der Waals surface area contributed by atoms with Crippen LogP contribution in [-0.2, 0) is 19.1 Å². The predicted octanol–water partition coefficient (Wildman–Crippen LogP) is 7.95. The average molecular weight is 595 g/mol. The van der Waals surface area contributed by atoms with Crippen molar-refractivity contribution in [2.24, 2.45) is 0 Å². The molecule has 0 radical (unpaired) electrons. The number of ether oxygens (including phenoxy) is 4. The molecule has 0 aliphatic carbocycles. The molecule has 0 heterocycles. The minimum absolute atomic E-state index is 0.192. The van der Waals surface area contributed by atoms with Crippen LogP contribution in [0.25, 0.3) is 0 Å². The predicted molar refractivity (Wildman–Crippen MR) is 136 cm³/mol. The molecule has 0 saturated heterocycles. The van der Waals surface area contributed by atoms with E-state index in [0.29, 0.717) is 43.2 Å². The van der Waals surface area contributed by atoms with Gasteiger partial charge in [-0.3, -0.25) is 4.79 Å². The van der Waals surface area contributed by atoms with Gasteiger partial charge >= 0.3 is 11.9 Å². The highest BCUT2D eigenvalue weighted by Crippen LogP contribution is 2.35. The molecule has 2 unspecified atom stereocenters. The summed E-state index contributed by atoms with van der Waals surface area (Å²) in [7, 11) is 0. The van der Waals surface area contributed by atoms with Gasteiger partial charge in [0.2, 0.25) is 0 Å². The lowest BCUT2D eigenvalue weighted by molar-refractivity contribution is -0.150. The number of hydrogen-bond acceptors (Lipinski definition) is 6. The normalized spacial score (nSPS) is 12.1. The van der Waals surface area contributed by atoms with Crippen LogP contribution in [-0.4, -0.2) is 37.4 Å². The zero-order valence-electron chi connectivity index (χ0n) is 18.6. The highest BCUT2D eigenvalue weighted by molar-refractivity contribution is 6.44. The number of benzene rings is 2. The summed E-state index contributed by atoms with van der Waals surface area (Å²) in [5.74, 6) is -0.127. The standard InChI is InChI=1S/2C11H11Cl3O3/c1-6(17-7(2)15)5-16-11-4-9(13)8(12)3-10(11)14;1-3-16-11(15)6(2)17-10-5-8(13)7(12)4-9(10)14/h3-4,6H,5H2,1-2H3;4-6H,3H2,1-2H3. The zero-order chi connectivity index (χ0) is 26.0. The van der Waals surface area contributed by atoms with Gasteiger partial charge in [0.05, 0.1) is 36.7 Å². The van der Waals surface area contributed by atoms with Gasteiger partial charge < -0.3 is 18.9 Å². The Labute approximate surface area is 228 Å². The van der Waals surface area contributed by atoms with Gasteiger partial charge in [0.1, 0.15) is 24.2 Å². The Bertz CT molecular complexity index is 1000. The van der Waals surface area contributed by atoms with Crippen LogP contribution >= 0.6 is 69.6 Å². The molecule has 12 heteroatoms. The van der Waals surface area contributed by atoms with Crippen LogP contribution in [0, 0.1) is 0 Å². The molecule has 2 aromatic rings. The maximum absolute atomic E-state index is 11.4. The summed E-state index contributed by atoms with van der Waals surface area (Å²) < 4.78 is 20.4. The summed E-state index contributed by atoms with van der Waals surface area (Å²) in [5.41, 5.74) is 0. The number of hydrogen-bond donors (Lipinski definition) is 0. The lowest BCUT2D eigenvalue weighted by atomic mass is 10.3. The van der Waals surface area contributed by atoms with Crippen LogP contribution in [0.15, 0.2) is 24.3 Å². The molecule has 2 rings (SSSR count). The van der Waals surface area contributed by atoms with E-state index in [1.54, 1.807) is 20.8 Å². The molecule has 34 heavy (non-hydrogen) atoms. The van der Waals surface area contributed by atoms with E-state index in [2.05, 4.69) is 0 Å². The third-order valence-corrected chi connectivity index (χ3v) is 5.75. The van der Waals surface area contributed by atoms with Crippen molar-refractivity contribution in [1.29, 1.82) is 0 Å².